The third kappa shape index (κ3) is 4.00. The van der Waals surface area contributed by atoms with Crippen LogP contribution >= 0.6 is 11.8 Å². The van der Waals surface area contributed by atoms with E-state index in [4.69, 9.17) is 18.9 Å². The van der Waals surface area contributed by atoms with E-state index in [0.717, 1.165) is 11.3 Å². The molecule has 2 heterocycles. The number of benzene rings is 2. The highest BCUT2D eigenvalue weighted by molar-refractivity contribution is 8.14. The molecule has 0 spiro atoms. The first-order valence-corrected chi connectivity index (χ1v) is 10.5. The van der Waals surface area contributed by atoms with Crippen LogP contribution in [0.15, 0.2) is 47.1 Å². The Morgan fingerprint density at radius 2 is 1.55 bits per heavy atom. The number of methoxy groups -OCH3 is 4. The second kappa shape index (κ2) is 8.81. The summed E-state index contributed by atoms with van der Waals surface area (Å²) in [6.45, 7) is 0.406. The molecule has 0 saturated carbocycles. The lowest BCUT2D eigenvalue weighted by molar-refractivity contribution is -0.122. The number of amides is 1. The number of amidine groups is 1. The Morgan fingerprint density at radius 1 is 0.903 bits per heavy atom. The van der Waals surface area contributed by atoms with Crippen molar-refractivity contribution in [1.82, 2.24) is 4.90 Å². The van der Waals surface area contributed by atoms with Gasteiger partial charge in [-0.05, 0) is 35.9 Å². The summed E-state index contributed by atoms with van der Waals surface area (Å²) in [7, 11) is 6.37. The smallest absolute Gasteiger partial charge is 0.280 e. The van der Waals surface area contributed by atoms with Crippen molar-refractivity contribution in [2.24, 2.45) is 4.99 Å². The van der Waals surface area contributed by atoms with Crippen LogP contribution in [0, 0.1) is 0 Å². The topological polar surface area (TPSA) is 72.8 Å². The van der Waals surface area contributed by atoms with Gasteiger partial charge in [-0.1, -0.05) is 17.8 Å². The van der Waals surface area contributed by atoms with E-state index in [0.29, 0.717) is 46.4 Å². The van der Waals surface area contributed by atoms with Crippen LogP contribution in [0.1, 0.15) is 5.56 Å². The first kappa shape index (κ1) is 20.9. The van der Waals surface area contributed by atoms with Gasteiger partial charge in [0.05, 0.1) is 34.3 Å². The number of aliphatic imine (C=N–C) groups is 1. The van der Waals surface area contributed by atoms with Gasteiger partial charge in [-0.25, -0.2) is 4.99 Å². The molecule has 0 N–H and O–H groups in total. The van der Waals surface area contributed by atoms with Crippen LogP contribution in [-0.4, -0.2) is 57.0 Å². The fraction of sp³-hybridized carbons (Fsp3) is 0.273. The van der Waals surface area contributed by atoms with E-state index < -0.39 is 0 Å². The molecule has 162 valence electrons. The van der Waals surface area contributed by atoms with Crippen LogP contribution in [0.4, 0.5) is 5.69 Å². The highest BCUT2D eigenvalue weighted by Crippen LogP contribution is 2.36. The van der Waals surface area contributed by atoms with E-state index in [-0.39, 0.29) is 5.91 Å². The quantitative estimate of drug-likeness (QED) is 0.636. The molecule has 0 atom stereocenters. The molecule has 2 aromatic carbocycles. The third-order valence-corrected chi connectivity index (χ3v) is 6.03. The molecule has 0 aliphatic carbocycles. The van der Waals surface area contributed by atoms with Gasteiger partial charge < -0.3 is 23.8 Å². The highest BCUT2D eigenvalue weighted by Gasteiger charge is 2.35. The van der Waals surface area contributed by atoms with Crippen molar-refractivity contribution >= 4 is 34.6 Å². The van der Waals surface area contributed by atoms with Crippen LogP contribution in [-0.2, 0) is 4.79 Å². The monoisotopic (exact) mass is 441 g/mol. The molecule has 1 amide bonds. The molecule has 31 heavy (non-hydrogen) atoms. The number of anilines is 1. The molecule has 8 nitrogen and oxygen atoms in total. The van der Waals surface area contributed by atoms with Gasteiger partial charge in [0, 0.05) is 11.8 Å². The summed E-state index contributed by atoms with van der Waals surface area (Å²) in [6.07, 6.45) is 1.76. The molecule has 2 aromatic rings. The number of carbonyl (C=O) groups excluding carboxylic acids is 1. The lowest BCUT2D eigenvalue weighted by Gasteiger charge is -2.34. The van der Waals surface area contributed by atoms with Crippen molar-refractivity contribution in [2.75, 3.05) is 45.9 Å². The Kier molecular flexibility index (Phi) is 5.94. The Morgan fingerprint density at radius 3 is 2.23 bits per heavy atom. The molecule has 2 aliphatic heterocycles. The molecular formula is C22H23N3O5S. The van der Waals surface area contributed by atoms with Crippen molar-refractivity contribution in [2.45, 2.75) is 0 Å². The molecule has 2 aliphatic rings. The molecule has 0 radical (unpaired) electrons. The Balaban J connectivity index is 1.55. The predicted molar refractivity (Wildman–Crippen MR) is 121 cm³/mol. The summed E-state index contributed by atoms with van der Waals surface area (Å²) in [6, 6.07) is 11.2. The third-order valence-electron chi connectivity index (χ3n) is 5.02. The van der Waals surface area contributed by atoms with Gasteiger partial charge in [-0.2, -0.15) is 0 Å². The van der Waals surface area contributed by atoms with Crippen molar-refractivity contribution in [3.63, 3.8) is 0 Å². The van der Waals surface area contributed by atoms with Crippen molar-refractivity contribution in [1.29, 1.82) is 0 Å². The summed E-state index contributed by atoms with van der Waals surface area (Å²) in [5, 5.41) is 0.702. The summed E-state index contributed by atoms with van der Waals surface area (Å²) in [4.78, 5) is 21.3. The lowest BCUT2D eigenvalue weighted by atomic mass is 10.1. The van der Waals surface area contributed by atoms with E-state index in [1.807, 2.05) is 30.3 Å². The maximum Gasteiger partial charge on any atom is 0.280 e. The van der Waals surface area contributed by atoms with E-state index in [2.05, 4.69) is 9.89 Å². The fourth-order valence-electron chi connectivity index (χ4n) is 3.39. The fourth-order valence-corrected chi connectivity index (χ4v) is 4.35. The van der Waals surface area contributed by atoms with E-state index in [1.165, 1.54) is 11.8 Å². The van der Waals surface area contributed by atoms with Gasteiger partial charge in [0.2, 0.25) is 0 Å². The molecular weight excluding hydrogens is 418 g/mol. The Hall–Kier alpha value is -3.33. The minimum absolute atomic E-state index is 0.137. The number of thioether (sulfide) groups is 1. The van der Waals surface area contributed by atoms with Gasteiger partial charge in [-0.15, -0.1) is 0 Å². The zero-order valence-electron chi connectivity index (χ0n) is 17.7. The van der Waals surface area contributed by atoms with Crippen LogP contribution in [0.3, 0.4) is 0 Å². The summed E-state index contributed by atoms with van der Waals surface area (Å²) in [5.74, 6) is 3.07. The van der Waals surface area contributed by atoms with E-state index in [1.54, 1.807) is 45.5 Å². The first-order chi connectivity index (χ1) is 15.1. The number of carbonyl (C=O) groups is 1. The second-order valence-corrected chi connectivity index (χ2v) is 7.68. The van der Waals surface area contributed by atoms with Crippen LogP contribution in [0.5, 0.6) is 23.0 Å². The predicted octanol–water partition coefficient (Wildman–Crippen LogP) is 3.43. The molecule has 0 unspecified atom stereocenters. The zero-order chi connectivity index (χ0) is 22.0. The van der Waals surface area contributed by atoms with Gasteiger partial charge in [0.15, 0.2) is 28.2 Å². The maximum atomic E-state index is 13.0. The lowest BCUT2D eigenvalue weighted by Crippen LogP contribution is -2.46. The standard InChI is InChI=1S/C22H23N3O5S/c1-27-17-7-5-14(10-19(17)29-3)9-16-21(26)25-12-24(13-31-22(25)23-16)15-6-8-18(28-2)20(11-15)30-4/h5-11H,12-13H2,1-4H3/b16-9-. The van der Waals surface area contributed by atoms with Gasteiger partial charge in [0.25, 0.3) is 5.91 Å². The van der Waals surface area contributed by atoms with Crippen molar-refractivity contribution in [3.8, 4) is 23.0 Å². The van der Waals surface area contributed by atoms with Gasteiger partial charge >= 0.3 is 0 Å². The maximum absolute atomic E-state index is 13.0. The molecule has 9 heteroatoms. The Bertz CT molecular complexity index is 1070. The van der Waals surface area contributed by atoms with Crippen LogP contribution in [0.2, 0.25) is 0 Å². The molecule has 1 saturated heterocycles. The van der Waals surface area contributed by atoms with Gasteiger partial charge in [0.1, 0.15) is 12.4 Å². The highest BCUT2D eigenvalue weighted by atomic mass is 32.2. The molecule has 4 rings (SSSR count). The van der Waals surface area contributed by atoms with E-state index in [9.17, 15) is 4.79 Å². The largest absolute Gasteiger partial charge is 0.493 e. The number of hydrogen-bond donors (Lipinski definition) is 0. The minimum Gasteiger partial charge on any atom is -0.493 e. The normalized spacial score (nSPS) is 16.8. The minimum atomic E-state index is -0.137. The van der Waals surface area contributed by atoms with Crippen molar-refractivity contribution in [3.05, 3.63) is 47.7 Å². The molecule has 0 bridgehead atoms. The number of ether oxygens (including phenoxy) is 4. The molecule has 0 aromatic heterocycles. The van der Waals surface area contributed by atoms with Crippen LogP contribution in [0.25, 0.3) is 6.08 Å². The first-order valence-electron chi connectivity index (χ1n) is 9.52. The SMILES string of the molecule is COc1ccc(/C=C2\N=C3SCN(c4ccc(OC)c(OC)c4)CN3C2=O)cc1OC. The molecule has 1 fully saturated rings. The average molecular weight is 442 g/mol. The Labute approximate surface area is 185 Å². The number of nitrogens with zero attached hydrogens (tertiary/aromatic N) is 3. The zero-order valence-corrected chi connectivity index (χ0v) is 18.6. The summed E-state index contributed by atoms with van der Waals surface area (Å²) < 4.78 is 21.3. The summed E-state index contributed by atoms with van der Waals surface area (Å²) in [5.41, 5.74) is 2.14. The van der Waals surface area contributed by atoms with E-state index >= 15 is 0 Å². The number of hydrogen-bond acceptors (Lipinski definition) is 8. The van der Waals surface area contributed by atoms with Crippen molar-refractivity contribution < 1.29 is 23.7 Å². The number of fused-ring (bicyclic) bond motifs is 1. The van der Waals surface area contributed by atoms with Gasteiger partial charge in [-0.3, -0.25) is 9.69 Å². The average Bonchev–Trinajstić information content (AvgIpc) is 3.12. The van der Waals surface area contributed by atoms with Crippen LogP contribution < -0.4 is 23.8 Å². The summed E-state index contributed by atoms with van der Waals surface area (Å²) >= 11 is 1.52. The second-order valence-electron chi connectivity index (χ2n) is 6.77. The number of rotatable bonds is 6.